The maximum atomic E-state index is 12.2. The normalized spacial score (nSPS) is 16.4. The molecule has 2 amide bonds. The molecule has 1 aliphatic heterocycles. The summed E-state index contributed by atoms with van der Waals surface area (Å²) in [6, 6.07) is 13.3. The summed E-state index contributed by atoms with van der Waals surface area (Å²) in [6.45, 7) is 0. The van der Waals surface area contributed by atoms with E-state index in [4.69, 9.17) is 0 Å². The molecule has 2 aromatic carbocycles. The van der Waals surface area contributed by atoms with Gasteiger partial charge in [-0.1, -0.05) is 28.1 Å². The fourth-order valence-electron chi connectivity index (χ4n) is 2.05. The summed E-state index contributed by atoms with van der Waals surface area (Å²) < 4.78 is 0.883. The molecule has 0 spiro atoms. The lowest BCUT2D eigenvalue weighted by Gasteiger charge is -2.12. The largest absolute Gasteiger partial charge is 0.336 e. The van der Waals surface area contributed by atoms with Gasteiger partial charge in [-0.05, 0) is 36.4 Å². The van der Waals surface area contributed by atoms with E-state index in [9.17, 15) is 9.59 Å². The van der Waals surface area contributed by atoms with Gasteiger partial charge in [0.15, 0.2) is 0 Å². The van der Waals surface area contributed by atoms with Crippen molar-refractivity contribution in [2.75, 3.05) is 5.32 Å². The van der Waals surface area contributed by atoms with Crippen molar-refractivity contribution >= 4 is 45.3 Å². The highest BCUT2D eigenvalue weighted by molar-refractivity contribution is 9.10. The van der Waals surface area contributed by atoms with E-state index in [1.807, 2.05) is 12.1 Å². The first-order valence-electron chi connectivity index (χ1n) is 6.64. The Hall–Kier alpha value is -2.47. The summed E-state index contributed by atoms with van der Waals surface area (Å²) >= 11 is 3.31. The standard InChI is InChI=1S/C16H12BrN3O2/c17-11-7-5-10(6-8-11)15(21)20-14-9-18-12-3-1-2-4-13(12)19-16(14)22/h1-9,14H,(H,19,22)(H,20,21)/t14-/m1/s1. The van der Waals surface area contributed by atoms with Gasteiger partial charge in [-0.15, -0.1) is 0 Å². The predicted octanol–water partition coefficient (Wildman–Crippen LogP) is 2.90. The molecule has 3 rings (SSSR count). The van der Waals surface area contributed by atoms with Crippen LogP contribution in [0.4, 0.5) is 11.4 Å². The molecule has 22 heavy (non-hydrogen) atoms. The summed E-state index contributed by atoms with van der Waals surface area (Å²) in [6.07, 6.45) is 1.44. The van der Waals surface area contributed by atoms with Crippen LogP contribution in [0.25, 0.3) is 0 Å². The zero-order valence-electron chi connectivity index (χ0n) is 11.4. The first-order chi connectivity index (χ1) is 10.6. The van der Waals surface area contributed by atoms with Gasteiger partial charge >= 0.3 is 0 Å². The number of hydrogen-bond acceptors (Lipinski definition) is 3. The second-order valence-electron chi connectivity index (χ2n) is 4.74. The SMILES string of the molecule is O=C(N[C@@H]1C=Nc2ccccc2NC1=O)c1ccc(Br)cc1. The first-order valence-corrected chi connectivity index (χ1v) is 7.43. The van der Waals surface area contributed by atoms with Gasteiger partial charge in [0.05, 0.1) is 11.4 Å². The number of amides is 2. The van der Waals surface area contributed by atoms with Crippen LogP contribution in [-0.4, -0.2) is 24.1 Å². The summed E-state index contributed by atoms with van der Waals surface area (Å²) in [7, 11) is 0. The highest BCUT2D eigenvalue weighted by Crippen LogP contribution is 2.25. The molecule has 2 aromatic rings. The van der Waals surface area contributed by atoms with Crippen molar-refractivity contribution in [1.29, 1.82) is 0 Å². The smallest absolute Gasteiger partial charge is 0.252 e. The van der Waals surface area contributed by atoms with E-state index in [0.717, 1.165) is 4.47 Å². The number of carbonyl (C=O) groups excluding carboxylic acids is 2. The van der Waals surface area contributed by atoms with Gasteiger partial charge in [0.2, 0.25) is 0 Å². The molecule has 0 radical (unpaired) electrons. The number of benzene rings is 2. The lowest BCUT2D eigenvalue weighted by molar-refractivity contribution is -0.116. The number of rotatable bonds is 2. The van der Waals surface area contributed by atoms with Crippen LogP contribution in [-0.2, 0) is 4.79 Å². The van der Waals surface area contributed by atoms with Crippen LogP contribution in [0.3, 0.4) is 0 Å². The molecule has 1 aliphatic rings. The number of para-hydroxylation sites is 2. The van der Waals surface area contributed by atoms with Gasteiger partial charge in [-0.2, -0.15) is 0 Å². The third-order valence-electron chi connectivity index (χ3n) is 3.20. The van der Waals surface area contributed by atoms with Crippen LogP contribution in [0.15, 0.2) is 58.0 Å². The number of nitrogens with zero attached hydrogens (tertiary/aromatic N) is 1. The molecule has 1 atom stereocenters. The molecule has 1 heterocycles. The molecule has 2 N–H and O–H groups in total. The average Bonchev–Trinajstić information content (AvgIpc) is 2.67. The van der Waals surface area contributed by atoms with Crippen molar-refractivity contribution in [3.8, 4) is 0 Å². The Kier molecular flexibility index (Phi) is 4.02. The van der Waals surface area contributed by atoms with E-state index in [0.29, 0.717) is 16.9 Å². The number of hydrogen-bond donors (Lipinski definition) is 2. The van der Waals surface area contributed by atoms with E-state index in [2.05, 4.69) is 31.6 Å². The Bertz CT molecular complexity index is 756. The van der Waals surface area contributed by atoms with Gasteiger partial charge in [-0.25, -0.2) is 0 Å². The molecular weight excluding hydrogens is 346 g/mol. The Morgan fingerprint density at radius 1 is 1.14 bits per heavy atom. The highest BCUT2D eigenvalue weighted by atomic mass is 79.9. The predicted molar refractivity (Wildman–Crippen MR) is 88.6 cm³/mol. The summed E-state index contributed by atoms with van der Waals surface area (Å²) in [5.74, 6) is -0.649. The molecular formula is C16H12BrN3O2. The zero-order valence-corrected chi connectivity index (χ0v) is 13.0. The second-order valence-corrected chi connectivity index (χ2v) is 5.66. The Morgan fingerprint density at radius 3 is 2.64 bits per heavy atom. The molecule has 0 unspecified atom stereocenters. The molecule has 0 saturated heterocycles. The number of anilines is 1. The third-order valence-corrected chi connectivity index (χ3v) is 3.73. The maximum absolute atomic E-state index is 12.2. The fourth-order valence-corrected chi connectivity index (χ4v) is 2.32. The minimum Gasteiger partial charge on any atom is -0.336 e. The highest BCUT2D eigenvalue weighted by Gasteiger charge is 2.22. The number of nitrogens with one attached hydrogen (secondary N) is 2. The summed E-state index contributed by atoms with van der Waals surface area (Å²) in [5.41, 5.74) is 1.77. The zero-order chi connectivity index (χ0) is 15.5. The molecule has 0 aromatic heterocycles. The molecule has 0 saturated carbocycles. The van der Waals surface area contributed by atoms with Crippen molar-refractivity contribution in [1.82, 2.24) is 5.32 Å². The van der Waals surface area contributed by atoms with Gasteiger partial charge in [0.25, 0.3) is 11.8 Å². The van der Waals surface area contributed by atoms with Crippen molar-refractivity contribution < 1.29 is 9.59 Å². The number of carbonyl (C=O) groups is 2. The van der Waals surface area contributed by atoms with Crippen molar-refractivity contribution in [3.63, 3.8) is 0 Å². The molecule has 110 valence electrons. The number of aliphatic imine (C=N–C) groups is 1. The molecule has 6 heteroatoms. The van der Waals surface area contributed by atoms with E-state index >= 15 is 0 Å². The summed E-state index contributed by atoms with van der Waals surface area (Å²) in [5, 5.41) is 5.42. The van der Waals surface area contributed by atoms with E-state index < -0.39 is 6.04 Å². The molecule has 0 fully saturated rings. The van der Waals surface area contributed by atoms with Gasteiger partial charge < -0.3 is 10.6 Å². The van der Waals surface area contributed by atoms with E-state index in [1.165, 1.54) is 6.21 Å². The Balaban J connectivity index is 1.77. The first kappa shape index (κ1) is 14.5. The van der Waals surface area contributed by atoms with Crippen LogP contribution in [0.1, 0.15) is 10.4 Å². The van der Waals surface area contributed by atoms with Crippen molar-refractivity contribution in [3.05, 3.63) is 58.6 Å². The van der Waals surface area contributed by atoms with E-state index in [-0.39, 0.29) is 11.8 Å². The van der Waals surface area contributed by atoms with Crippen LogP contribution in [0, 0.1) is 0 Å². The lowest BCUT2D eigenvalue weighted by atomic mass is 10.2. The minimum absolute atomic E-state index is 0.320. The molecule has 0 aliphatic carbocycles. The van der Waals surface area contributed by atoms with Crippen LogP contribution in [0.5, 0.6) is 0 Å². The van der Waals surface area contributed by atoms with Crippen LogP contribution in [0.2, 0.25) is 0 Å². The van der Waals surface area contributed by atoms with Gasteiger partial charge in [0.1, 0.15) is 6.04 Å². The van der Waals surface area contributed by atoms with Crippen molar-refractivity contribution in [2.24, 2.45) is 4.99 Å². The Morgan fingerprint density at radius 2 is 1.86 bits per heavy atom. The minimum atomic E-state index is -0.816. The third kappa shape index (κ3) is 3.07. The summed E-state index contributed by atoms with van der Waals surface area (Å²) in [4.78, 5) is 28.6. The number of fused-ring (bicyclic) bond motifs is 1. The van der Waals surface area contributed by atoms with Gasteiger partial charge in [-0.3, -0.25) is 14.6 Å². The van der Waals surface area contributed by atoms with E-state index in [1.54, 1.807) is 36.4 Å². The van der Waals surface area contributed by atoms with Crippen LogP contribution >= 0.6 is 15.9 Å². The fraction of sp³-hybridized carbons (Fsp3) is 0.0625. The van der Waals surface area contributed by atoms with Crippen molar-refractivity contribution in [2.45, 2.75) is 6.04 Å². The second kappa shape index (κ2) is 6.11. The monoisotopic (exact) mass is 357 g/mol. The average molecular weight is 358 g/mol. The maximum Gasteiger partial charge on any atom is 0.252 e. The number of halogens is 1. The van der Waals surface area contributed by atoms with Gasteiger partial charge in [0, 0.05) is 16.3 Å². The van der Waals surface area contributed by atoms with Crippen LogP contribution < -0.4 is 10.6 Å². The quantitative estimate of drug-likeness (QED) is 0.867. The lowest BCUT2D eigenvalue weighted by Crippen LogP contribution is -2.44. The molecule has 5 nitrogen and oxygen atoms in total. The topological polar surface area (TPSA) is 70.6 Å². The Labute approximate surface area is 135 Å². The molecule has 0 bridgehead atoms.